The molecule has 14 nitrogen and oxygen atoms in total. The summed E-state index contributed by atoms with van der Waals surface area (Å²) in [6.07, 6.45) is 2.96. The molecule has 2 fully saturated rings. The SMILES string of the molecule is CC(C)(O)C(=O)N=C(N=CN)c1ccc([C@]2(C#N)O[C@H](COC(=O)CC3CCCCCC3)[C@@H](OC(=O)[C@H](N)C(C)(C)C)[C@H]2O)[nH]1. The van der Waals surface area contributed by atoms with E-state index in [9.17, 15) is 29.9 Å². The second kappa shape index (κ2) is 14.6. The largest absolute Gasteiger partial charge is 0.463 e. The highest BCUT2D eigenvalue weighted by Crippen LogP contribution is 2.41. The van der Waals surface area contributed by atoms with Crippen molar-refractivity contribution >= 4 is 30.0 Å². The van der Waals surface area contributed by atoms with Crippen molar-refractivity contribution in [2.75, 3.05) is 6.61 Å². The third kappa shape index (κ3) is 8.76. The first-order chi connectivity index (χ1) is 21.0. The van der Waals surface area contributed by atoms with Crippen LogP contribution >= 0.6 is 0 Å². The molecule has 1 aromatic rings. The average Bonchev–Trinajstić information content (AvgIpc) is 3.45. The number of aliphatic hydroxyl groups excluding tert-OH is 1. The van der Waals surface area contributed by atoms with Gasteiger partial charge in [0.05, 0.1) is 17.7 Å². The first kappa shape index (κ1) is 35.8. The number of rotatable bonds is 9. The zero-order valence-corrected chi connectivity index (χ0v) is 26.6. The normalized spacial score (nSPS) is 25.8. The average molecular weight is 631 g/mol. The van der Waals surface area contributed by atoms with E-state index < -0.39 is 65.4 Å². The van der Waals surface area contributed by atoms with Crippen molar-refractivity contribution in [3.8, 4) is 6.07 Å². The molecule has 1 aliphatic heterocycles. The molecule has 0 unspecified atom stereocenters. The molecule has 1 aromatic heterocycles. The third-order valence-electron chi connectivity index (χ3n) is 8.13. The Bertz CT molecular complexity index is 1310. The number of nitrogens with one attached hydrogen (secondary N) is 1. The molecule has 0 aromatic carbocycles. The number of aromatic nitrogens is 1. The second-order valence-electron chi connectivity index (χ2n) is 13.3. The maximum Gasteiger partial charge on any atom is 0.323 e. The molecule has 0 bridgehead atoms. The minimum atomic E-state index is -2.13. The molecule has 0 spiro atoms. The van der Waals surface area contributed by atoms with Crippen LogP contribution in [0.15, 0.2) is 22.1 Å². The van der Waals surface area contributed by atoms with Crippen molar-refractivity contribution in [3.05, 3.63) is 23.5 Å². The molecule has 2 aliphatic rings. The number of carbonyl (C=O) groups excluding carboxylic acids is 3. The Morgan fingerprint density at radius 1 is 1.20 bits per heavy atom. The van der Waals surface area contributed by atoms with E-state index >= 15 is 0 Å². The lowest BCUT2D eigenvalue weighted by molar-refractivity contribution is -0.163. The number of carbonyl (C=O) groups is 3. The smallest absolute Gasteiger partial charge is 0.323 e. The van der Waals surface area contributed by atoms with E-state index in [4.69, 9.17) is 25.7 Å². The summed E-state index contributed by atoms with van der Waals surface area (Å²) in [5.74, 6) is -2.19. The molecular formula is C31H46N6O8. The van der Waals surface area contributed by atoms with Gasteiger partial charge in [-0.3, -0.25) is 14.4 Å². The highest BCUT2D eigenvalue weighted by molar-refractivity contribution is 6.08. The van der Waals surface area contributed by atoms with Crippen LogP contribution in [0.4, 0.5) is 0 Å². The molecule has 248 valence electrons. The fourth-order valence-corrected chi connectivity index (χ4v) is 5.26. The molecule has 3 rings (SSSR count). The van der Waals surface area contributed by atoms with Crippen molar-refractivity contribution in [2.24, 2.45) is 32.8 Å². The van der Waals surface area contributed by atoms with Crippen molar-refractivity contribution in [3.63, 3.8) is 0 Å². The minimum absolute atomic E-state index is 0.0107. The van der Waals surface area contributed by atoms with Gasteiger partial charge in [0.25, 0.3) is 5.91 Å². The number of amides is 1. The number of nitrogens with zero attached hydrogens (tertiary/aromatic N) is 3. The number of aliphatic imine (C=N–C) groups is 2. The number of esters is 2. The van der Waals surface area contributed by atoms with Gasteiger partial charge in [-0.05, 0) is 50.2 Å². The number of nitriles is 1. The summed E-state index contributed by atoms with van der Waals surface area (Å²) in [5.41, 5.74) is 7.06. The van der Waals surface area contributed by atoms with Crippen molar-refractivity contribution < 1.29 is 38.8 Å². The summed E-state index contributed by atoms with van der Waals surface area (Å²) in [5, 5.41) is 31.9. The monoisotopic (exact) mass is 630 g/mol. The molecule has 1 saturated heterocycles. The molecule has 2 heterocycles. The van der Waals surface area contributed by atoms with Crippen molar-refractivity contribution in [1.82, 2.24) is 4.98 Å². The van der Waals surface area contributed by atoms with Crippen LogP contribution in [0.3, 0.4) is 0 Å². The van der Waals surface area contributed by atoms with Crippen LogP contribution in [0.5, 0.6) is 0 Å². The van der Waals surface area contributed by atoms with Gasteiger partial charge in [-0.15, -0.1) is 0 Å². The minimum Gasteiger partial charge on any atom is -0.463 e. The fourth-order valence-electron chi connectivity index (χ4n) is 5.26. The number of nitrogens with two attached hydrogens (primary N) is 2. The Balaban J connectivity index is 1.92. The summed E-state index contributed by atoms with van der Waals surface area (Å²) in [7, 11) is 0. The summed E-state index contributed by atoms with van der Waals surface area (Å²) >= 11 is 0. The van der Waals surface area contributed by atoms with Gasteiger partial charge in [-0.25, -0.2) is 4.99 Å². The van der Waals surface area contributed by atoms with Gasteiger partial charge in [-0.1, -0.05) is 46.5 Å². The molecule has 7 N–H and O–H groups in total. The third-order valence-corrected chi connectivity index (χ3v) is 8.13. The van der Waals surface area contributed by atoms with Gasteiger partial charge < -0.3 is 40.9 Å². The number of ether oxygens (including phenoxy) is 3. The zero-order valence-electron chi connectivity index (χ0n) is 26.6. The second-order valence-corrected chi connectivity index (χ2v) is 13.3. The Kier molecular flexibility index (Phi) is 11.7. The molecule has 1 aliphatic carbocycles. The van der Waals surface area contributed by atoms with Gasteiger partial charge >= 0.3 is 11.9 Å². The van der Waals surface area contributed by atoms with E-state index in [0.29, 0.717) is 0 Å². The van der Waals surface area contributed by atoms with Gasteiger partial charge in [0.2, 0.25) is 5.60 Å². The van der Waals surface area contributed by atoms with Crippen LogP contribution in [0.1, 0.15) is 91.0 Å². The number of amidine groups is 1. The molecule has 1 amide bonds. The van der Waals surface area contributed by atoms with Gasteiger partial charge in [0.15, 0.2) is 11.9 Å². The van der Waals surface area contributed by atoms with Crippen LogP contribution in [-0.2, 0) is 34.2 Å². The van der Waals surface area contributed by atoms with E-state index in [1.54, 1.807) is 20.8 Å². The highest BCUT2D eigenvalue weighted by atomic mass is 16.6. The Morgan fingerprint density at radius 3 is 2.40 bits per heavy atom. The van der Waals surface area contributed by atoms with E-state index in [0.717, 1.165) is 44.9 Å². The molecule has 1 saturated carbocycles. The summed E-state index contributed by atoms with van der Waals surface area (Å²) in [4.78, 5) is 48.8. The molecular weight excluding hydrogens is 584 g/mol. The molecule has 14 heteroatoms. The van der Waals surface area contributed by atoms with Crippen molar-refractivity contribution in [2.45, 2.75) is 115 Å². The van der Waals surface area contributed by atoms with Crippen LogP contribution < -0.4 is 11.5 Å². The predicted molar refractivity (Wildman–Crippen MR) is 164 cm³/mol. The van der Waals surface area contributed by atoms with E-state index in [1.807, 2.05) is 6.07 Å². The Hall–Kier alpha value is -3.64. The number of H-pyrrole nitrogens is 1. The first-order valence-electron chi connectivity index (χ1n) is 15.2. The standard InChI is InChI=1S/C31H46N6O8/c1-29(2,3)24(34)27(40)44-23-20(15-43-22(38)14-18-10-8-6-7-9-11-18)45-31(16-32,25(23)39)21-13-12-19(36-21)26(35-17-33)37-28(41)30(4,5)42/h12-13,17-18,20,23-25,36,39,42H,6-11,14-15,34H2,1-5H3,(H2,33,35,37,41)/t20-,23-,24+,25-,31+/m1/s1. The maximum atomic E-state index is 13.0. The first-order valence-corrected chi connectivity index (χ1v) is 15.2. The summed E-state index contributed by atoms with van der Waals surface area (Å²) < 4.78 is 17.3. The number of hydrogen-bond acceptors (Lipinski definition) is 10. The number of aromatic amines is 1. The Morgan fingerprint density at radius 2 is 1.84 bits per heavy atom. The molecule has 0 radical (unpaired) electrons. The fraction of sp³-hybridized carbons (Fsp3) is 0.677. The number of aliphatic hydroxyl groups is 2. The lowest BCUT2D eigenvalue weighted by Crippen LogP contribution is -2.49. The van der Waals surface area contributed by atoms with Crippen LogP contribution in [0.25, 0.3) is 0 Å². The van der Waals surface area contributed by atoms with Gasteiger partial charge in [-0.2, -0.15) is 10.3 Å². The lowest BCUT2D eigenvalue weighted by atomic mass is 9.87. The topological polar surface area (TPSA) is 236 Å². The van der Waals surface area contributed by atoms with E-state index in [-0.39, 0.29) is 29.6 Å². The highest BCUT2D eigenvalue weighted by Gasteiger charge is 2.59. The van der Waals surface area contributed by atoms with E-state index in [1.165, 1.54) is 26.0 Å². The molecule has 45 heavy (non-hydrogen) atoms. The predicted octanol–water partition coefficient (Wildman–Crippen LogP) is 1.71. The molecule has 5 atom stereocenters. The number of hydrogen-bond donors (Lipinski definition) is 5. The Labute approximate surface area is 263 Å². The summed E-state index contributed by atoms with van der Waals surface area (Å²) in [6, 6.07) is 3.72. The van der Waals surface area contributed by atoms with Crippen molar-refractivity contribution in [1.29, 1.82) is 5.26 Å². The van der Waals surface area contributed by atoms with E-state index in [2.05, 4.69) is 15.0 Å². The lowest BCUT2D eigenvalue weighted by Gasteiger charge is -2.28. The van der Waals surface area contributed by atoms with Gasteiger partial charge in [0.1, 0.15) is 36.5 Å². The van der Waals surface area contributed by atoms with Gasteiger partial charge in [0, 0.05) is 6.42 Å². The maximum absolute atomic E-state index is 13.0. The van der Waals surface area contributed by atoms with Crippen LogP contribution in [-0.4, -0.2) is 81.8 Å². The summed E-state index contributed by atoms with van der Waals surface area (Å²) in [6.45, 7) is 7.36. The van der Waals surface area contributed by atoms with Crippen LogP contribution in [0, 0.1) is 22.7 Å². The zero-order chi connectivity index (χ0) is 33.6. The quantitative estimate of drug-likeness (QED) is 0.114. The van der Waals surface area contributed by atoms with Crippen LogP contribution in [0.2, 0.25) is 0 Å².